The van der Waals surface area contributed by atoms with E-state index in [2.05, 4.69) is 18.7 Å². The van der Waals surface area contributed by atoms with Crippen molar-refractivity contribution >= 4 is 17.8 Å². The lowest BCUT2D eigenvalue weighted by Gasteiger charge is -2.31. The second-order valence-electron chi connectivity index (χ2n) is 6.26. The van der Waals surface area contributed by atoms with E-state index in [4.69, 9.17) is 4.84 Å². The van der Waals surface area contributed by atoms with Crippen LogP contribution < -0.4 is 0 Å². The molecule has 1 aromatic rings. The van der Waals surface area contributed by atoms with Crippen LogP contribution in [0.4, 0.5) is 0 Å². The molecule has 122 valence electrons. The molecule has 2 aliphatic rings. The molecule has 23 heavy (non-hydrogen) atoms. The first-order chi connectivity index (χ1) is 10.9. The monoisotopic (exact) mass is 316 g/mol. The average molecular weight is 316 g/mol. The van der Waals surface area contributed by atoms with Gasteiger partial charge in [-0.15, -0.1) is 0 Å². The van der Waals surface area contributed by atoms with Crippen molar-refractivity contribution in [3.63, 3.8) is 0 Å². The summed E-state index contributed by atoms with van der Waals surface area (Å²) in [6.07, 6.45) is 2.04. The molecule has 6 nitrogen and oxygen atoms in total. The third-order valence-electron chi connectivity index (χ3n) is 4.75. The first kappa shape index (κ1) is 15.7. The van der Waals surface area contributed by atoms with Crippen molar-refractivity contribution in [2.24, 2.45) is 0 Å². The Morgan fingerprint density at radius 1 is 1.09 bits per heavy atom. The molecule has 1 fully saturated rings. The highest BCUT2D eigenvalue weighted by molar-refractivity contribution is 6.20. The summed E-state index contributed by atoms with van der Waals surface area (Å²) in [5.74, 6) is -1.76. The molecule has 6 heteroatoms. The topological polar surface area (TPSA) is 66.9 Å². The molecule has 0 N–H and O–H groups in total. The Balaban J connectivity index is 1.74. The first-order valence-electron chi connectivity index (χ1n) is 7.89. The fourth-order valence-electron chi connectivity index (χ4n) is 3.52. The van der Waals surface area contributed by atoms with Crippen LogP contribution in [0.1, 0.15) is 54.3 Å². The van der Waals surface area contributed by atoms with Crippen LogP contribution in [0.2, 0.25) is 0 Å². The SMILES string of the molecule is CC1CCC(C)N1C(C)C(=O)ON1C(=O)c2ccccc2C1=O. The summed E-state index contributed by atoms with van der Waals surface area (Å²) < 4.78 is 0. The molecule has 0 spiro atoms. The largest absolute Gasteiger partial charge is 0.349 e. The number of hydroxylamine groups is 2. The minimum absolute atomic E-state index is 0.265. The number of likely N-dealkylation sites (tertiary alicyclic amines) is 1. The third-order valence-corrected chi connectivity index (χ3v) is 4.75. The Labute approximate surface area is 135 Å². The lowest BCUT2D eigenvalue weighted by molar-refractivity contribution is -0.175. The Morgan fingerprint density at radius 3 is 2.04 bits per heavy atom. The highest BCUT2D eigenvalue weighted by atomic mass is 16.7. The molecule has 0 aliphatic carbocycles. The molecular weight excluding hydrogens is 296 g/mol. The van der Waals surface area contributed by atoms with E-state index in [1.165, 1.54) is 0 Å². The van der Waals surface area contributed by atoms with Gasteiger partial charge in [-0.3, -0.25) is 14.5 Å². The molecule has 1 aromatic carbocycles. The van der Waals surface area contributed by atoms with Crippen LogP contribution in [0.15, 0.2) is 24.3 Å². The Kier molecular flexibility index (Phi) is 3.93. The molecular formula is C17H20N2O4. The number of hydrogen-bond donors (Lipinski definition) is 0. The summed E-state index contributed by atoms with van der Waals surface area (Å²) in [5, 5.41) is 0.578. The van der Waals surface area contributed by atoms with Crippen molar-refractivity contribution < 1.29 is 19.2 Å². The molecule has 0 bridgehead atoms. The van der Waals surface area contributed by atoms with Crippen LogP contribution in [0, 0.1) is 0 Å². The predicted octanol–water partition coefficient (Wildman–Crippen LogP) is 2.00. The standard InChI is InChI=1S/C17H20N2O4/c1-10-8-9-11(2)18(10)12(3)17(22)23-19-15(20)13-6-4-5-7-14(13)16(19)21/h4-7,10-12H,8-9H2,1-3H3. The molecule has 0 radical (unpaired) electrons. The maximum Gasteiger partial charge on any atom is 0.349 e. The molecule has 3 unspecified atom stereocenters. The maximum atomic E-state index is 12.4. The van der Waals surface area contributed by atoms with E-state index in [9.17, 15) is 14.4 Å². The number of fused-ring (bicyclic) bond motifs is 1. The van der Waals surface area contributed by atoms with Gasteiger partial charge < -0.3 is 4.84 Å². The van der Waals surface area contributed by atoms with Gasteiger partial charge in [0.1, 0.15) is 6.04 Å². The van der Waals surface area contributed by atoms with Gasteiger partial charge in [0.25, 0.3) is 11.8 Å². The van der Waals surface area contributed by atoms with Crippen LogP contribution in [-0.4, -0.2) is 45.9 Å². The lowest BCUT2D eigenvalue weighted by Crippen LogP contribution is -2.47. The van der Waals surface area contributed by atoms with E-state index < -0.39 is 23.8 Å². The van der Waals surface area contributed by atoms with E-state index in [0.29, 0.717) is 5.06 Å². The number of carbonyl (C=O) groups excluding carboxylic acids is 3. The van der Waals surface area contributed by atoms with E-state index >= 15 is 0 Å². The van der Waals surface area contributed by atoms with E-state index in [1.54, 1.807) is 31.2 Å². The van der Waals surface area contributed by atoms with Gasteiger partial charge in [0.15, 0.2) is 0 Å². The fourth-order valence-corrected chi connectivity index (χ4v) is 3.52. The van der Waals surface area contributed by atoms with E-state index in [0.717, 1.165) is 12.8 Å². The highest BCUT2D eigenvalue weighted by Crippen LogP contribution is 2.27. The number of imide groups is 1. The van der Waals surface area contributed by atoms with Gasteiger partial charge in [0.2, 0.25) is 0 Å². The Hall–Kier alpha value is -2.21. The number of carbonyl (C=O) groups is 3. The van der Waals surface area contributed by atoms with E-state index in [-0.39, 0.29) is 23.2 Å². The van der Waals surface area contributed by atoms with Gasteiger partial charge >= 0.3 is 5.97 Å². The predicted molar refractivity (Wildman–Crippen MR) is 82.5 cm³/mol. The number of hydrogen-bond acceptors (Lipinski definition) is 5. The summed E-state index contributed by atoms with van der Waals surface area (Å²) in [4.78, 5) is 44.1. The Bertz CT molecular complexity index is 627. The van der Waals surface area contributed by atoms with Crippen molar-refractivity contribution in [3.05, 3.63) is 35.4 Å². The van der Waals surface area contributed by atoms with Gasteiger partial charge in [-0.05, 0) is 45.7 Å². The van der Waals surface area contributed by atoms with Crippen LogP contribution in [0.25, 0.3) is 0 Å². The minimum Gasteiger partial charge on any atom is -0.328 e. The lowest BCUT2D eigenvalue weighted by atomic mass is 10.1. The summed E-state index contributed by atoms with van der Waals surface area (Å²) in [7, 11) is 0. The first-order valence-corrected chi connectivity index (χ1v) is 7.89. The zero-order valence-corrected chi connectivity index (χ0v) is 13.5. The maximum absolute atomic E-state index is 12.4. The summed E-state index contributed by atoms with van der Waals surface area (Å²) in [5.41, 5.74) is 0.529. The summed E-state index contributed by atoms with van der Waals surface area (Å²) in [6, 6.07) is 6.49. The highest BCUT2D eigenvalue weighted by Gasteiger charge is 2.41. The zero-order chi connectivity index (χ0) is 16.7. The van der Waals surface area contributed by atoms with Crippen molar-refractivity contribution in [2.45, 2.75) is 51.7 Å². The number of benzene rings is 1. The molecule has 3 atom stereocenters. The smallest absolute Gasteiger partial charge is 0.328 e. The third kappa shape index (κ3) is 2.53. The molecule has 3 rings (SSSR count). The van der Waals surface area contributed by atoms with Gasteiger partial charge in [-0.1, -0.05) is 17.2 Å². The van der Waals surface area contributed by atoms with Crippen LogP contribution >= 0.6 is 0 Å². The van der Waals surface area contributed by atoms with Gasteiger partial charge in [-0.2, -0.15) is 0 Å². The normalized spacial score (nSPS) is 25.6. The molecule has 2 heterocycles. The van der Waals surface area contributed by atoms with Crippen molar-refractivity contribution in [3.8, 4) is 0 Å². The second kappa shape index (κ2) is 5.77. The van der Waals surface area contributed by atoms with Crippen LogP contribution in [0.5, 0.6) is 0 Å². The number of amides is 2. The van der Waals surface area contributed by atoms with Gasteiger partial charge in [0, 0.05) is 12.1 Å². The average Bonchev–Trinajstić information content (AvgIpc) is 2.99. The molecule has 0 saturated carbocycles. The summed E-state index contributed by atoms with van der Waals surface area (Å²) in [6.45, 7) is 5.88. The quantitative estimate of drug-likeness (QED) is 0.798. The number of nitrogens with zero attached hydrogens (tertiary/aromatic N) is 2. The molecule has 1 saturated heterocycles. The zero-order valence-electron chi connectivity index (χ0n) is 13.5. The van der Waals surface area contributed by atoms with Crippen molar-refractivity contribution in [1.29, 1.82) is 0 Å². The molecule has 2 amide bonds. The van der Waals surface area contributed by atoms with Crippen molar-refractivity contribution in [2.75, 3.05) is 0 Å². The fraction of sp³-hybridized carbons (Fsp3) is 0.471. The van der Waals surface area contributed by atoms with Crippen molar-refractivity contribution in [1.82, 2.24) is 9.96 Å². The minimum atomic E-state index is -0.589. The molecule has 0 aromatic heterocycles. The van der Waals surface area contributed by atoms with Crippen LogP contribution in [0.3, 0.4) is 0 Å². The van der Waals surface area contributed by atoms with Crippen LogP contribution in [-0.2, 0) is 9.63 Å². The number of rotatable bonds is 3. The van der Waals surface area contributed by atoms with Gasteiger partial charge in [0.05, 0.1) is 11.1 Å². The van der Waals surface area contributed by atoms with E-state index in [1.807, 2.05) is 0 Å². The Morgan fingerprint density at radius 2 is 1.57 bits per heavy atom. The second-order valence-corrected chi connectivity index (χ2v) is 6.26. The van der Waals surface area contributed by atoms with Gasteiger partial charge in [-0.25, -0.2) is 4.79 Å². The molecule has 2 aliphatic heterocycles. The summed E-state index contributed by atoms with van der Waals surface area (Å²) >= 11 is 0.